The summed E-state index contributed by atoms with van der Waals surface area (Å²) in [5, 5.41) is 3.33. The van der Waals surface area contributed by atoms with Gasteiger partial charge in [-0.1, -0.05) is 6.92 Å². The molecule has 0 amide bonds. The van der Waals surface area contributed by atoms with E-state index in [1.807, 2.05) is 6.92 Å². The third-order valence-electron chi connectivity index (χ3n) is 4.56. The zero-order valence-electron chi connectivity index (χ0n) is 14.2. The lowest BCUT2D eigenvalue weighted by Crippen LogP contribution is -2.46. The lowest BCUT2D eigenvalue weighted by Gasteiger charge is -2.33. The van der Waals surface area contributed by atoms with Gasteiger partial charge in [0.2, 0.25) is 0 Å². The maximum Gasteiger partial charge on any atom is 0.401 e. The van der Waals surface area contributed by atoms with E-state index >= 15 is 0 Å². The van der Waals surface area contributed by atoms with Crippen LogP contribution >= 0.6 is 0 Å². The number of nitrogens with zero attached hydrogens (tertiary/aromatic N) is 3. The molecular weight excluding hydrogens is 305 g/mol. The smallest absolute Gasteiger partial charge is 0.357 e. The van der Waals surface area contributed by atoms with Crippen molar-refractivity contribution in [3.05, 3.63) is 0 Å². The van der Waals surface area contributed by atoms with E-state index in [0.717, 1.165) is 32.0 Å². The predicted molar refractivity (Wildman–Crippen MR) is 86.6 cm³/mol. The zero-order chi connectivity index (χ0) is 16.9. The second-order valence-corrected chi connectivity index (χ2v) is 6.89. The first kappa shape index (κ1) is 18.4. The highest BCUT2D eigenvalue weighted by molar-refractivity contribution is 5.80. The van der Waals surface area contributed by atoms with Gasteiger partial charge in [-0.15, -0.1) is 0 Å². The first-order valence-corrected chi connectivity index (χ1v) is 8.69. The Balaban J connectivity index is 1.86. The summed E-state index contributed by atoms with van der Waals surface area (Å²) in [4.78, 5) is 8.50. The van der Waals surface area contributed by atoms with E-state index in [4.69, 9.17) is 4.99 Å². The number of hydrogen-bond donors (Lipinski definition) is 1. The summed E-state index contributed by atoms with van der Waals surface area (Å²) in [5.41, 5.74) is 0. The second-order valence-electron chi connectivity index (χ2n) is 6.89. The van der Waals surface area contributed by atoms with E-state index in [2.05, 4.69) is 17.1 Å². The maximum atomic E-state index is 12.4. The van der Waals surface area contributed by atoms with E-state index < -0.39 is 12.7 Å². The zero-order valence-corrected chi connectivity index (χ0v) is 14.2. The van der Waals surface area contributed by atoms with Gasteiger partial charge in [0, 0.05) is 32.7 Å². The molecular formula is C16H29F3N4. The summed E-state index contributed by atoms with van der Waals surface area (Å²) in [6, 6.07) is 0. The molecule has 2 rings (SSSR count). The first-order chi connectivity index (χ1) is 10.9. The molecule has 2 fully saturated rings. The average Bonchev–Trinajstić information content (AvgIpc) is 2.88. The number of halogens is 3. The molecule has 23 heavy (non-hydrogen) atoms. The normalized spacial score (nSPS) is 27.5. The standard InChI is InChI=1S/C16H29F3N4/c1-3-20-15(23-7-4-5-13(2)10-23)21-9-14-6-8-22(11-14)12-16(17,18)19/h13-14H,3-12H2,1-2H3,(H,20,21). The van der Waals surface area contributed by atoms with Gasteiger partial charge in [0.05, 0.1) is 6.54 Å². The van der Waals surface area contributed by atoms with Crippen molar-refractivity contribution in [1.29, 1.82) is 0 Å². The highest BCUT2D eigenvalue weighted by Crippen LogP contribution is 2.23. The number of rotatable bonds is 4. The van der Waals surface area contributed by atoms with E-state index in [0.29, 0.717) is 25.6 Å². The van der Waals surface area contributed by atoms with E-state index in [9.17, 15) is 13.2 Å². The molecule has 0 aliphatic carbocycles. The molecule has 0 spiro atoms. The Morgan fingerprint density at radius 3 is 2.65 bits per heavy atom. The van der Waals surface area contributed by atoms with Gasteiger partial charge in [-0.25, -0.2) is 0 Å². The summed E-state index contributed by atoms with van der Waals surface area (Å²) in [6.07, 6.45) is -0.869. The molecule has 2 aliphatic heterocycles. The molecule has 2 unspecified atom stereocenters. The molecule has 7 heteroatoms. The highest BCUT2D eigenvalue weighted by atomic mass is 19.4. The Kier molecular flexibility index (Phi) is 6.56. The second kappa shape index (κ2) is 8.22. The van der Waals surface area contributed by atoms with E-state index in [-0.39, 0.29) is 5.92 Å². The van der Waals surface area contributed by atoms with Crippen LogP contribution in [0.1, 0.15) is 33.1 Å². The molecule has 4 nitrogen and oxygen atoms in total. The number of likely N-dealkylation sites (tertiary alicyclic amines) is 2. The van der Waals surface area contributed by atoms with Gasteiger partial charge >= 0.3 is 6.18 Å². The van der Waals surface area contributed by atoms with Gasteiger partial charge in [-0.05, 0) is 44.6 Å². The van der Waals surface area contributed by atoms with Gasteiger partial charge in [0.1, 0.15) is 0 Å². The van der Waals surface area contributed by atoms with Gasteiger partial charge in [-0.2, -0.15) is 13.2 Å². The minimum absolute atomic E-state index is 0.230. The molecule has 0 radical (unpaired) electrons. The van der Waals surface area contributed by atoms with Crippen LogP contribution in [0.15, 0.2) is 4.99 Å². The van der Waals surface area contributed by atoms with Crippen molar-refractivity contribution in [1.82, 2.24) is 15.1 Å². The molecule has 0 aromatic carbocycles. The summed E-state index contributed by atoms with van der Waals surface area (Å²) >= 11 is 0. The van der Waals surface area contributed by atoms with Gasteiger partial charge in [-0.3, -0.25) is 9.89 Å². The van der Waals surface area contributed by atoms with Crippen molar-refractivity contribution in [2.24, 2.45) is 16.8 Å². The van der Waals surface area contributed by atoms with Crippen molar-refractivity contribution < 1.29 is 13.2 Å². The van der Waals surface area contributed by atoms with Crippen LogP contribution in [0.25, 0.3) is 0 Å². The van der Waals surface area contributed by atoms with Crippen LogP contribution < -0.4 is 5.32 Å². The minimum Gasteiger partial charge on any atom is -0.357 e. The molecule has 2 atom stereocenters. The summed E-state index contributed by atoms with van der Waals surface area (Å²) in [7, 11) is 0. The fourth-order valence-corrected chi connectivity index (χ4v) is 3.48. The van der Waals surface area contributed by atoms with Crippen LogP contribution in [-0.4, -0.2) is 67.7 Å². The van der Waals surface area contributed by atoms with Crippen LogP contribution in [-0.2, 0) is 0 Å². The Bertz CT molecular complexity index is 397. The molecule has 0 saturated carbocycles. The summed E-state index contributed by atoms with van der Waals surface area (Å²) in [6.45, 7) is 7.98. The van der Waals surface area contributed by atoms with Crippen molar-refractivity contribution in [3.8, 4) is 0 Å². The van der Waals surface area contributed by atoms with E-state index in [1.54, 1.807) is 0 Å². The van der Waals surface area contributed by atoms with Crippen LogP contribution in [0.4, 0.5) is 13.2 Å². The van der Waals surface area contributed by atoms with Gasteiger partial charge in [0.25, 0.3) is 0 Å². The quantitative estimate of drug-likeness (QED) is 0.633. The number of hydrogen-bond acceptors (Lipinski definition) is 2. The maximum absolute atomic E-state index is 12.4. The number of nitrogens with one attached hydrogen (secondary N) is 1. The van der Waals surface area contributed by atoms with Crippen molar-refractivity contribution in [3.63, 3.8) is 0 Å². The first-order valence-electron chi connectivity index (χ1n) is 8.69. The van der Waals surface area contributed by atoms with Crippen molar-refractivity contribution >= 4 is 5.96 Å². The highest BCUT2D eigenvalue weighted by Gasteiger charge is 2.34. The van der Waals surface area contributed by atoms with Crippen molar-refractivity contribution in [2.45, 2.75) is 39.3 Å². The monoisotopic (exact) mass is 334 g/mol. The summed E-state index contributed by atoms with van der Waals surface area (Å²) < 4.78 is 37.3. The van der Waals surface area contributed by atoms with Crippen molar-refractivity contribution in [2.75, 3.05) is 45.8 Å². The number of aliphatic imine (C=N–C) groups is 1. The number of piperidine rings is 1. The van der Waals surface area contributed by atoms with Gasteiger partial charge < -0.3 is 10.2 Å². The van der Waals surface area contributed by atoms with Crippen LogP contribution in [0, 0.1) is 11.8 Å². The molecule has 2 aliphatic rings. The molecule has 0 aromatic rings. The Morgan fingerprint density at radius 1 is 1.22 bits per heavy atom. The number of guanidine groups is 1. The molecule has 2 saturated heterocycles. The minimum atomic E-state index is -4.10. The molecule has 134 valence electrons. The van der Waals surface area contributed by atoms with Crippen LogP contribution in [0.5, 0.6) is 0 Å². The Morgan fingerprint density at radius 2 is 2.00 bits per heavy atom. The fraction of sp³-hybridized carbons (Fsp3) is 0.938. The largest absolute Gasteiger partial charge is 0.401 e. The summed E-state index contributed by atoms with van der Waals surface area (Å²) in [5.74, 6) is 1.82. The molecule has 0 aromatic heterocycles. The van der Waals surface area contributed by atoms with Crippen LogP contribution in [0.3, 0.4) is 0 Å². The average molecular weight is 334 g/mol. The Labute approximate surface area is 137 Å². The SMILES string of the molecule is CCNC(=NCC1CCN(CC(F)(F)F)C1)N1CCCC(C)C1. The lowest BCUT2D eigenvalue weighted by atomic mass is 10.0. The third-order valence-corrected chi connectivity index (χ3v) is 4.56. The van der Waals surface area contributed by atoms with Gasteiger partial charge in [0.15, 0.2) is 5.96 Å². The Hall–Kier alpha value is -0.980. The molecule has 2 heterocycles. The number of alkyl halides is 3. The lowest BCUT2D eigenvalue weighted by molar-refractivity contribution is -0.143. The topological polar surface area (TPSA) is 30.9 Å². The predicted octanol–water partition coefficient (Wildman–Crippen LogP) is 2.57. The fourth-order valence-electron chi connectivity index (χ4n) is 3.48. The third kappa shape index (κ3) is 6.20. The van der Waals surface area contributed by atoms with Crippen LogP contribution in [0.2, 0.25) is 0 Å². The molecule has 0 bridgehead atoms. The molecule has 1 N–H and O–H groups in total. The van der Waals surface area contributed by atoms with E-state index in [1.165, 1.54) is 17.7 Å².